The first-order valence-electron chi connectivity index (χ1n) is 9.00. The third-order valence-electron chi connectivity index (χ3n) is 4.92. The molecule has 3 aromatic rings. The van der Waals surface area contributed by atoms with E-state index in [1.165, 1.54) is 11.2 Å². The van der Waals surface area contributed by atoms with Crippen LogP contribution in [0.4, 0.5) is 5.69 Å². The highest BCUT2D eigenvalue weighted by Crippen LogP contribution is 2.44. The summed E-state index contributed by atoms with van der Waals surface area (Å²) in [6, 6.07) is 17.7. The van der Waals surface area contributed by atoms with E-state index in [4.69, 9.17) is 4.42 Å². The van der Waals surface area contributed by atoms with Crippen LogP contribution in [0.2, 0.25) is 0 Å². The number of carbonyl (C=O) groups excluding carboxylic acids is 2. The molecule has 142 valence electrons. The molecular formula is C22H20N2O4. The number of hydrogen-bond donors (Lipinski definition) is 2. The van der Waals surface area contributed by atoms with Gasteiger partial charge in [-0.05, 0) is 30.7 Å². The molecule has 4 rings (SSSR count). The fraction of sp³-hybridized carbons (Fsp3) is 0.182. The largest absolute Gasteiger partial charge is 0.467 e. The summed E-state index contributed by atoms with van der Waals surface area (Å²) in [6.45, 7) is 1.94. The summed E-state index contributed by atoms with van der Waals surface area (Å²) in [5, 5.41) is 14.2. The van der Waals surface area contributed by atoms with Crippen LogP contribution in [0.3, 0.4) is 0 Å². The molecule has 0 saturated heterocycles. The number of hydrogen-bond acceptors (Lipinski definition) is 4. The quantitative estimate of drug-likeness (QED) is 0.717. The van der Waals surface area contributed by atoms with Gasteiger partial charge in [0.05, 0.1) is 18.5 Å². The molecule has 1 unspecified atom stereocenters. The minimum atomic E-state index is -1.82. The van der Waals surface area contributed by atoms with Crippen molar-refractivity contribution in [3.05, 3.63) is 89.4 Å². The molecule has 28 heavy (non-hydrogen) atoms. The number of para-hydroxylation sites is 1. The maximum absolute atomic E-state index is 13.2. The molecule has 2 N–H and O–H groups in total. The van der Waals surface area contributed by atoms with Crippen LogP contribution in [0.5, 0.6) is 0 Å². The fourth-order valence-corrected chi connectivity index (χ4v) is 3.54. The van der Waals surface area contributed by atoms with Crippen molar-refractivity contribution >= 4 is 17.5 Å². The third kappa shape index (κ3) is 2.97. The second-order valence-electron chi connectivity index (χ2n) is 6.84. The molecule has 6 nitrogen and oxygen atoms in total. The van der Waals surface area contributed by atoms with Gasteiger partial charge in [0, 0.05) is 5.56 Å². The van der Waals surface area contributed by atoms with Crippen molar-refractivity contribution in [2.45, 2.75) is 19.1 Å². The molecule has 2 aromatic carbocycles. The lowest BCUT2D eigenvalue weighted by Gasteiger charge is -2.24. The van der Waals surface area contributed by atoms with Crippen LogP contribution in [0, 0.1) is 6.92 Å². The summed E-state index contributed by atoms with van der Waals surface area (Å²) in [5.74, 6) is -0.252. The average molecular weight is 376 g/mol. The minimum Gasteiger partial charge on any atom is -0.467 e. The average Bonchev–Trinajstić information content (AvgIpc) is 3.29. The van der Waals surface area contributed by atoms with Gasteiger partial charge in [-0.1, -0.05) is 48.0 Å². The summed E-state index contributed by atoms with van der Waals surface area (Å²) in [5.41, 5.74) is 0.618. The highest BCUT2D eigenvalue weighted by Gasteiger charge is 2.51. The molecule has 2 heterocycles. The number of amides is 2. The van der Waals surface area contributed by atoms with Crippen molar-refractivity contribution in [3.63, 3.8) is 0 Å². The van der Waals surface area contributed by atoms with Crippen LogP contribution < -0.4 is 10.2 Å². The van der Waals surface area contributed by atoms with E-state index in [-0.39, 0.29) is 19.0 Å². The first-order chi connectivity index (χ1) is 13.5. The third-order valence-corrected chi connectivity index (χ3v) is 4.92. The molecule has 0 saturated carbocycles. The molecule has 0 spiro atoms. The van der Waals surface area contributed by atoms with E-state index in [0.29, 0.717) is 22.6 Å². The normalized spacial score (nSPS) is 18.2. The van der Waals surface area contributed by atoms with Crippen molar-refractivity contribution in [2.24, 2.45) is 0 Å². The Hall–Kier alpha value is -3.38. The Kier molecular flexibility index (Phi) is 4.49. The molecule has 1 aliphatic rings. The van der Waals surface area contributed by atoms with Gasteiger partial charge in [-0.15, -0.1) is 0 Å². The topological polar surface area (TPSA) is 82.8 Å². The van der Waals surface area contributed by atoms with Gasteiger partial charge in [-0.25, -0.2) is 0 Å². The van der Waals surface area contributed by atoms with Gasteiger partial charge in [-0.2, -0.15) is 0 Å². The first kappa shape index (κ1) is 18.0. The standard InChI is InChI=1S/C22H20N2O4/c1-15-6-4-7-16(12-15)22(27)18-9-2-3-10-19(18)24(21(22)26)14-20(25)23-13-17-8-5-11-28-17/h2-12,27H,13-14H2,1H3,(H,23,25). The molecule has 2 amide bonds. The predicted molar refractivity (Wildman–Crippen MR) is 104 cm³/mol. The molecule has 6 heteroatoms. The Balaban J connectivity index is 1.62. The number of fused-ring (bicyclic) bond motifs is 1. The van der Waals surface area contributed by atoms with Crippen LogP contribution in [-0.4, -0.2) is 23.5 Å². The van der Waals surface area contributed by atoms with Gasteiger partial charge >= 0.3 is 0 Å². The summed E-state index contributed by atoms with van der Waals surface area (Å²) < 4.78 is 5.20. The lowest BCUT2D eigenvalue weighted by molar-refractivity contribution is -0.133. The number of nitrogens with zero attached hydrogens (tertiary/aromatic N) is 1. The molecule has 0 aliphatic carbocycles. The van der Waals surface area contributed by atoms with Gasteiger partial charge in [0.15, 0.2) is 5.60 Å². The molecule has 0 fully saturated rings. The molecule has 1 aliphatic heterocycles. The Bertz CT molecular complexity index is 1030. The highest BCUT2D eigenvalue weighted by molar-refractivity contribution is 6.11. The van der Waals surface area contributed by atoms with Gasteiger partial charge < -0.3 is 14.8 Å². The zero-order valence-electron chi connectivity index (χ0n) is 15.4. The summed E-state index contributed by atoms with van der Waals surface area (Å²) in [6.07, 6.45) is 1.53. The summed E-state index contributed by atoms with van der Waals surface area (Å²) in [7, 11) is 0. The van der Waals surface area contributed by atoms with E-state index >= 15 is 0 Å². The van der Waals surface area contributed by atoms with Crippen LogP contribution in [0.25, 0.3) is 0 Å². The number of anilines is 1. The SMILES string of the molecule is Cc1cccc(C2(O)C(=O)N(CC(=O)NCc3ccco3)c3ccccc32)c1. The van der Waals surface area contributed by atoms with Crippen molar-refractivity contribution in [1.29, 1.82) is 0 Å². The van der Waals surface area contributed by atoms with Crippen LogP contribution >= 0.6 is 0 Å². The fourth-order valence-electron chi connectivity index (χ4n) is 3.54. The van der Waals surface area contributed by atoms with Gasteiger partial charge in [-0.3, -0.25) is 14.5 Å². The molecule has 0 radical (unpaired) electrons. The van der Waals surface area contributed by atoms with Crippen LogP contribution in [-0.2, 0) is 21.7 Å². The Morgan fingerprint density at radius 2 is 1.96 bits per heavy atom. The van der Waals surface area contributed by atoms with Gasteiger partial charge in [0.25, 0.3) is 5.91 Å². The van der Waals surface area contributed by atoms with E-state index in [2.05, 4.69) is 5.32 Å². The monoisotopic (exact) mass is 376 g/mol. The van der Waals surface area contributed by atoms with Crippen LogP contribution in [0.15, 0.2) is 71.3 Å². The Morgan fingerprint density at radius 3 is 2.71 bits per heavy atom. The van der Waals surface area contributed by atoms with Crippen molar-refractivity contribution < 1.29 is 19.1 Å². The summed E-state index contributed by atoms with van der Waals surface area (Å²) in [4.78, 5) is 27.0. The van der Waals surface area contributed by atoms with Crippen molar-refractivity contribution in [2.75, 3.05) is 11.4 Å². The summed E-state index contributed by atoms with van der Waals surface area (Å²) >= 11 is 0. The molecule has 1 atom stereocenters. The van der Waals surface area contributed by atoms with Crippen molar-refractivity contribution in [1.82, 2.24) is 5.32 Å². The number of aliphatic hydroxyl groups is 1. The second-order valence-corrected chi connectivity index (χ2v) is 6.84. The number of nitrogens with one attached hydrogen (secondary N) is 1. The highest BCUT2D eigenvalue weighted by atomic mass is 16.3. The predicted octanol–water partition coefficient (Wildman–Crippen LogP) is 2.49. The minimum absolute atomic E-state index is 0.190. The van der Waals surface area contributed by atoms with E-state index in [0.717, 1.165) is 5.56 Å². The Morgan fingerprint density at radius 1 is 1.14 bits per heavy atom. The van der Waals surface area contributed by atoms with E-state index < -0.39 is 11.5 Å². The maximum atomic E-state index is 13.2. The second kappa shape index (κ2) is 6.98. The molecule has 0 bridgehead atoms. The van der Waals surface area contributed by atoms with E-state index in [1.54, 1.807) is 54.6 Å². The zero-order chi connectivity index (χ0) is 19.7. The number of carbonyl (C=O) groups is 2. The smallest absolute Gasteiger partial charge is 0.268 e. The van der Waals surface area contributed by atoms with Gasteiger partial charge in [0.1, 0.15) is 12.3 Å². The first-order valence-corrected chi connectivity index (χ1v) is 9.00. The van der Waals surface area contributed by atoms with Crippen molar-refractivity contribution in [3.8, 4) is 0 Å². The van der Waals surface area contributed by atoms with Crippen LogP contribution in [0.1, 0.15) is 22.5 Å². The van der Waals surface area contributed by atoms with E-state index in [9.17, 15) is 14.7 Å². The maximum Gasteiger partial charge on any atom is 0.268 e. The molecule has 1 aromatic heterocycles. The lowest BCUT2D eigenvalue weighted by atomic mass is 9.87. The van der Waals surface area contributed by atoms with Gasteiger partial charge in [0.2, 0.25) is 5.91 Å². The number of furan rings is 1. The Labute approximate surface area is 162 Å². The zero-order valence-corrected chi connectivity index (χ0v) is 15.4. The molecular weight excluding hydrogens is 356 g/mol. The van der Waals surface area contributed by atoms with E-state index in [1.807, 2.05) is 13.0 Å². The number of benzene rings is 2. The lowest BCUT2D eigenvalue weighted by Crippen LogP contribution is -2.45. The number of rotatable bonds is 5. The number of aryl methyl sites for hydroxylation is 1.